The quantitative estimate of drug-likeness (QED) is 0.497. The van der Waals surface area contributed by atoms with E-state index in [-0.39, 0.29) is 23.7 Å². The van der Waals surface area contributed by atoms with Gasteiger partial charge in [0.25, 0.3) is 5.56 Å². The molecule has 0 aliphatic heterocycles. The van der Waals surface area contributed by atoms with E-state index in [1.807, 2.05) is 24.4 Å². The summed E-state index contributed by atoms with van der Waals surface area (Å²) in [6.07, 6.45) is 2.49. The summed E-state index contributed by atoms with van der Waals surface area (Å²) in [5, 5.41) is 8.58. The van der Waals surface area contributed by atoms with Crippen molar-refractivity contribution in [2.45, 2.75) is 13.0 Å². The number of aromatic nitrogens is 3. The number of fused-ring (bicyclic) bond motifs is 1. The molecule has 2 N–H and O–H groups in total. The van der Waals surface area contributed by atoms with E-state index in [0.29, 0.717) is 18.0 Å². The summed E-state index contributed by atoms with van der Waals surface area (Å²) < 4.78 is 15.0. The van der Waals surface area contributed by atoms with Crippen LogP contribution < -0.4 is 10.9 Å². The maximum absolute atomic E-state index is 14.0. The Balaban J connectivity index is 1.41. The number of halogens is 2. The minimum absolute atomic E-state index is 0.249. The van der Waals surface area contributed by atoms with E-state index in [2.05, 4.69) is 15.4 Å². The van der Waals surface area contributed by atoms with Crippen molar-refractivity contribution in [3.63, 3.8) is 0 Å². The van der Waals surface area contributed by atoms with Crippen molar-refractivity contribution in [1.82, 2.24) is 20.1 Å². The Kier molecular flexibility index (Phi) is 5.63. The molecule has 8 heteroatoms. The number of hydrogen-bond donors (Lipinski definition) is 2. The first kappa shape index (κ1) is 19.8. The van der Waals surface area contributed by atoms with E-state index in [9.17, 15) is 14.0 Å². The number of hydrogen-bond acceptors (Lipinski definition) is 3. The van der Waals surface area contributed by atoms with Gasteiger partial charge in [0, 0.05) is 40.3 Å². The lowest BCUT2D eigenvalue weighted by molar-refractivity contribution is -0.121. The molecule has 2 heterocycles. The monoisotopic (exact) mass is 424 g/mol. The highest BCUT2D eigenvalue weighted by molar-refractivity contribution is 6.31. The summed E-state index contributed by atoms with van der Waals surface area (Å²) in [7, 11) is 0. The molecule has 2 aromatic carbocycles. The first-order chi connectivity index (χ1) is 14.5. The summed E-state index contributed by atoms with van der Waals surface area (Å²) in [5.74, 6) is -0.799. The first-order valence-corrected chi connectivity index (χ1v) is 9.74. The van der Waals surface area contributed by atoms with Crippen LogP contribution in [0.5, 0.6) is 0 Å². The van der Waals surface area contributed by atoms with E-state index in [0.717, 1.165) is 21.1 Å². The zero-order valence-electron chi connectivity index (χ0n) is 15.9. The van der Waals surface area contributed by atoms with Gasteiger partial charge in [0.15, 0.2) is 0 Å². The van der Waals surface area contributed by atoms with Crippen molar-refractivity contribution >= 4 is 28.4 Å². The molecule has 4 rings (SSSR count). The third-order valence-electron chi connectivity index (χ3n) is 4.76. The predicted molar refractivity (Wildman–Crippen MR) is 114 cm³/mol. The largest absolute Gasteiger partial charge is 0.361 e. The van der Waals surface area contributed by atoms with Crippen LogP contribution in [-0.2, 0) is 17.8 Å². The molecule has 0 atom stereocenters. The Morgan fingerprint density at radius 3 is 2.83 bits per heavy atom. The molecule has 152 valence electrons. The number of nitrogens with zero attached hydrogens (tertiary/aromatic N) is 2. The van der Waals surface area contributed by atoms with Crippen LogP contribution in [0.3, 0.4) is 0 Å². The Morgan fingerprint density at radius 2 is 2.00 bits per heavy atom. The van der Waals surface area contributed by atoms with Gasteiger partial charge in [0.05, 0.1) is 5.69 Å². The van der Waals surface area contributed by atoms with E-state index in [1.54, 1.807) is 18.2 Å². The Labute approximate surface area is 176 Å². The third kappa shape index (κ3) is 4.26. The summed E-state index contributed by atoms with van der Waals surface area (Å²) in [5.41, 5.74) is 2.13. The molecule has 0 unspecified atom stereocenters. The second-order valence-electron chi connectivity index (χ2n) is 6.80. The van der Waals surface area contributed by atoms with Gasteiger partial charge in [-0.2, -0.15) is 5.10 Å². The smallest absolute Gasteiger partial charge is 0.267 e. The molecular formula is C22H18ClFN4O2. The lowest BCUT2D eigenvalue weighted by Gasteiger charge is -2.09. The molecule has 0 saturated heterocycles. The van der Waals surface area contributed by atoms with Crippen molar-refractivity contribution in [1.29, 1.82) is 0 Å². The number of carbonyl (C=O) groups excluding carboxylic acids is 1. The van der Waals surface area contributed by atoms with Gasteiger partial charge in [-0.25, -0.2) is 9.07 Å². The fraction of sp³-hybridized carbons (Fsp3) is 0.136. The highest BCUT2D eigenvalue weighted by atomic mass is 35.5. The Morgan fingerprint density at radius 1 is 1.17 bits per heavy atom. The fourth-order valence-corrected chi connectivity index (χ4v) is 3.43. The van der Waals surface area contributed by atoms with Crippen LogP contribution in [-0.4, -0.2) is 27.2 Å². The minimum atomic E-state index is -0.446. The van der Waals surface area contributed by atoms with Crippen LogP contribution in [0.1, 0.15) is 5.56 Å². The van der Waals surface area contributed by atoms with Crippen molar-refractivity contribution in [3.05, 3.63) is 87.6 Å². The van der Waals surface area contributed by atoms with Crippen LogP contribution >= 0.6 is 11.6 Å². The van der Waals surface area contributed by atoms with Crippen molar-refractivity contribution in [3.8, 4) is 11.3 Å². The first-order valence-electron chi connectivity index (χ1n) is 9.36. The van der Waals surface area contributed by atoms with Crippen LogP contribution in [0.4, 0.5) is 4.39 Å². The van der Waals surface area contributed by atoms with Gasteiger partial charge in [-0.3, -0.25) is 9.59 Å². The Hall–Kier alpha value is -3.45. The lowest BCUT2D eigenvalue weighted by atomic mass is 10.1. The van der Waals surface area contributed by atoms with Gasteiger partial charge < -0.3 is 10.3 Å². The van der Waals surface area contributed by atoms with E-state index in [4.69, 9.17) is 11.6 Å². The van der Waals surface area contributed by atoms with E-state index in [1.165, 1.54) is 18.2 Å². The standard InChI is InChI=1S/C22H18ClFN4O2/c23-15-5-6-19-17(11-15)14(12-26-19)9-10-25-21(29)13-28-22(30)8-7-20(27-28)16-3-1-2-4-18(16)24/h1-8,11-12,26H,9-10,13H2,(H,25,29). The van der Waals surface area contributed by atoms with Gasteiger partial charge in [0.1, 0.15) is 12.4 Å². The summed E-state index contributed by atoms with van der Waals surface area (Å²) in [4.78, 5) is 27.6. The number of aromatic amines is 1. The average molecular weight is 425 g/mol. The Bertz CT molecular complexity index is 1280. The summed E-state index contributed by atoms with van der Waals surface area (Å²) >= 11 is 6.06. The number of rotatable bonds is 6. The molecule has 30 heavy (non-hydrogen) atoms. The number of amides is 1. The molecule has 1 amide bonds. The predicted octanol–water partition coefficient (Wildman–Crippen LogP) is 3.54. The second kappa shape index (κ2) is 8.51. The molecular weight excluding hydrogens is 407 g/mol. The van der Waals surface area contributed by atoms with E-state index < -0.39 is 11.4 Å². The molecule has 0 spiro atoms. The zero-order chi connectivity index (χ0) is 21.1. The molecule has 4 aromatic rings. The summed E-state index contributed by atoms with van der Waals surface area (Å²) in [6, 6.07) is 14.4. The van der Waals surface area contributed by atoms with Crippen molar-refractivity contribution in [2.24, 2.45) is 0 Å². The molecule has 0 bridgehead atoms. The SMILES string of the molecule is O=C(Cn1nc(-c2ccccc2F)ccc1=O)NCCc1c[nH]c2ccc(Cl)cc12. The normalized spacial score (nSPS) is 11.0. The third-order valence-corrected chi connectivity index (χ3v) is 4.99. The molecule has 0 aliphatic rings. The second-order valence-corrected chi connectivity index (χ2v) is 7.23. The maximum atomic E-state index is 14.0. The van der Waals surface area contributed by atoms with Crippen molar-refractivity contribution < 1.29 is 9.18 Å². The molecule has 0 radical (unpaired) electrons. The van der Waals surface area contributed by atoms with Crippen LogP contribution in [0.25, 0.3) is 22.2 Å². The number of nitrogens with one attached hydrogen (secondary N) is 2. The van der Waals surface area contributed by atoms with Crippen LogP contribution in [0, 0.1) is 5.82 Å². The number of benzene rings is 2. The van der Waals surface area contributed by atoms with Gasteiger partial charge in [-0.15, -0.1) is 0 Å². The summed E-state index contributed by atoms with van der Waals surface area (Å²) in [6.45, 7) is 0.140. The average Bonchev–Trinajstić information content (AvgIpc) is 3.12. The zero-order valence-corrected chi connectivity index (χ0v) is 16.6. The molecule has 0 fully saturated rings. The molecule has 0 saturated carbocycles. The van der Waals surface area contributed by atoms with Crippen LogP contribution in [0.15, 0.2) is 65.6 Å². The van der Waals surface area contributed by atoms with Gasteiger partial charge in [-0.05, 0) is 48.4 Å². The minimum Gasteiger partial charge on any atom is -0.361 e. The molecule has 6 nitrogen and oxygen atoms in total. The molecule has 0 aliphatic carbocycles. The fourth-order valence-electron chi connectivity index (χ4n) is 3.26. The van der Waals surface area contributed by atoms with Gasteiger partial charge in [-0.1, -0.05) is 23.7 Å². The maximum Gasteiger partial charge on any atom is 0.267 e. The van der Waals surface area contributed by atoms with Crippen molar-refractivity contribution in [2.75, 3.05) is 6.54 Å². The highest BCUT2D eigenvalue weighted by Crippen LogP contribution is 2.22. The molecule has 2 aromatic heterocycles. The van der Waals surface area contributed by atoms with E-state index >= 15 is 0 Å². The van der Waals surface area contributed by atoms with Gasteiger partial charge in [0.2, 0.25) is 5.91 Å². The topological polar surface area (TPSA) is 79.8 Å². The number of carbonyl (C=O) groups is 1. The van der Waals surface area contributed by atoms with Gasteiger partial charge >= 0.3 is 0 Å². The lowest BCUT2D eigenvalue weighted by Crippen LogP contribution is -2.34. The van der Waals surface area contributed by atoms with Crippen LogP contribution in [0.2, 0.25) is 5.02 Å². The highest BCUT2D eigenvalue weighted by Gasteiger charge is 2.11. The number of H-pyrrole nitrogens is 1.